The highest BCUT2D eigenvalue weighted by Crippen LogP contribution is 1.96. The van der Waals surface area contributed by atoms with Crippen LogP contribution in [-0.2, 0) is 14.3 Å². The number of nitrogens with zero attached hydrogens (tertiary/aromatic N) is 1. The fourth-order valence-corrected chi connectivity index (χ4v) is 0.713. The van der Waals surface area contributed by atoms with Crippen LogP contribution in [0.1, 0.15) is 6.92 Å². The maximum Gasteiger partial charge on any atom is 0.326 e. The molecule has 0 radical (unpaired) electrons. The van der Waals surface area contributed by atoms with Crippen LogP contribution >= 0.6 is 0 Å². The number of carbonyl (C=O) groups excluding carboxylic acids is 1. The lowest BCUT2D eigenvalue weighted by molar-refractivity contribution is -0.149. The molecule has 14 heavy (non-hydrogen) atoms. The molecule has 80 valence electrons. The van der Waals surface area contributed by atoms with Gasteiger partial charge in [0.05, 0.1) is 6.61 Å². The van der Waals surface area contributed by atoms with Gasteiger partial charge in [-0.05, 0) is 6.92 Å². The number of likely N-dealkylation sites (N-methyl/N-ethyl adjacent to an activating group) is 1. The van der Waals surface area contributed by atoms with Gasteiger partial charge < -0.3 is 14.7 Å². The average molecular weight is 201 g/mol. The van der Waals surface area contributed by atoms with Crippen molar-refractivity contribution in [3.63, 3.8) is 0 Å². The molecule has 1 unspecified atom stereocenters. The quantitative estimate of drug-likeness (QED) is 0.489. The minimum atomic E-state index is -1.04. The Kier molecular flexibility index (Phi) is 5.55. The zero-order chi connectivity index (χ0) is 11.1. The second kappa shape index (κ2) is 6.15. The smallest absolute Gasteiger partial charge is 0.326 e. The molecule has 0 bridgehead atoms. The summed E-state index contributed by atoms with van der Waals surface area (Å²) in [4.78, 5) is 22.9. The molecule has 0 aliphatic carbocycles. The Morgan fingerprint density at radius 3 is 2.64 bits per heavy atom. The summed E-state index contributed by atoms with van der Waals surface area (Å²) in [5, 5.41) is 8.62. The van der Waals surface area contributed by atoms with Gasteiger partial charge >= 0.3 is 5.97 Å². The predicted octanol–water partition coefficient (Wildman–Crippen LogP) is 0.120. The molecule has 0 heterocycles. The van der Waals surface area contributed by atoms with E-state index in [9.17, 15) is 9.59 Å². The van der Waals surface area contributed by atoms with Gasteiger partial charge in [-0.2, -0.15) is 0 Å². The van der Waals surface area contributed by atoms with Crippen molar-refractivity contribution in [3.8, 4) is 0 Å². The first-order valence-corrected chi connectivity index (χ1v) is 4.17. The van der Waals surface area contributed by atoms with Crippen LogP contribution in [0.5, 0.6) is 0 Å². The number of carbonyl (C=O) groups is 2. The first-order valence-electron chi connectivity index (χ1n) is 4.17. The monoisotopic (exact) mass is 201 g/mol. The van der Waals surface area contributed by atoms with Crippen LogP contribution in [0.25, 0.3) is 0 Å². The summed E-state index contributed by atoms with van der Waals surface area (Å²) in [6.45, 7) is 5.01. The molecule has 0 spiro atoms. The molecule has 0 aromatic carbocycles. The molecule has 0 aliphatic heterocycles. The molecule has 5 heteroatoms. The fraction of sp³-hybridized carbons (Fsp3) is 0.556. The van der Waals surface area contributed by atoms with E-state index in [-0.39, 0.29) is 19.1 Å². The van der Waals surface area contributed by atoms with E-state index in [2.05, 4.69) is 6.58 Å². The minimum absolute atomic E-state index is 0.125. The number of aliphatic carboxylic acids is 1. The summed E-state index contributed by atoms with van der Waals surface area (Å²) in [5.41, 5.74) is 0. The highest BCUT2D eigenvalue weighted by molar-refractivity contribution is 5.83. The molecule has 0 saturated carbocycles. The molecule has 5 nitrogen and oxygen atoms in total. The van der Waals surface area contributed by atoms with Gasteiger partial charge in [-0.3, -0.25) is 4.79 Å². The van der Waals surface area contributed by atoms with Crippen molar-refractivity contribution in [2.45, 2.75) is 13.0 Å². The number of rotatable bonds is 6. The molecular formula is C9H15NO4. The Morgan fingerprint density at radius 2 is 2.21 bits per heavy atom. The van der Waals surface area contributed by atoms with Gasteiger partial charge in [0, 0.05) is 7.05 Å². The lowest BCUT2D eigenvalue weighted by atomic mass is 10.3. The Labute approximate surface area is 83.0 Å². The Morgan fingerprint density at radius 1 is 1.64 bits per heavy atom. The van der Waals surface area contributed by atoms with Crippen LogP contribution in [0.15, 0.2) is 12.7 Å². The SMILES string of the molecule is C=CCOCC(=O)N(C)C(C)C(=O)O. The summed E-state index contributed by atoms with van der Waals surface area (Å²) in [6.07, 6.45) is 1.52. The van der Waals surface area contributed by atoms with Crippen molar-refractivity contribution in [1.29, 1.82) is 0 Å². The van der Waals surface area contributed by atoms with Gasteiger partial charge in [0.15, 0.2) is 0 Å². The second-order valence-corrected chi connectivity index (χ2v) is 2.82. The first-order chi connectivity index (χ1) is 6.50. The Balaban J connectivity index is 3.98. The normalized spacial score (nSPS) is 11.9. The van der Waals surface area contributed by atoms with E-state index in [0.29, 0.717) is 0 Å². The van der Waals surface area contributed by atoms with E-state index < -0.39 is 12.0 Å². The van der Waals surface area contributed by atoms with Crippen LogP contribution < -0.4 is 0 Å². The topological polar surface area (TPSA) is 66.8 Å². The van der Waals surface area contributed by atoms with E-state index >= 15 is 0 Å². The lowest BCUT2D eigenvalue weighted by Gasteiger charge is -2.21. The summed E-state index contributed by atoms with van der Waals surface area (Å²) >= 11 is 0. The van der Waals surface area contributed by atoms with Crippen molar-refractivity contribution in [2.75, 3.05) is 20.3 Å². The minimum Gasteiger partial charge on any atom is -0.480 e. The first kappa shape index (κ1) is 12.6. The summed E-state index contributed by atoms with van der Waals surface area (Å²) in [7, 11) is 1.43. The number of carboxylic acid groups (broad SMARTS) is 1. The van der Waals surface area contributed by atoms with Crippen molar-refractivity contribution in [1.82, 2.24) is 4.90 Å². The largest absolute Gasteiger partial charge is 0.480 e. The molecule has 1 amide bonds. The summed E-state index contributed by atoms with van der Waals surface area (Å²) < 4.78 is 4.89. The molecule has 0 aromatic heterocycles. The molecule has 0 rings (SSSR count). The van der Waals surface area contributed by atoms with E-state index in [1.54, 1.807) is 0 Å². The van der Waals surface area contributed by atoms with Gasteiger partial charge in [-0.15, -0.1) is 6.58 Å². The zero-order valence-corrected chi connectivity index (χ0v) is 8.40. The van der Waals surface area contributed by atoms with E-state index in [1.165, 1.54) is 20.0 Å². The third-order valence-corrected chi connectivity index (χ3v) is 1.79. The van der Waals surface area contributed by atoms with Gasteiger partial charge in [0.2, 0.25) is 5.91 Å². The van der Waals surface area contributed by atoms with Gasteiger partial charge in [-0.1, -0.05) is 6.08 Å². The van der Waals surface area contributed by atoms with E-state index in [0.717, 1.165) is 4.90 Å². The third kappa shape index (κ3) is 4.04. The number of hydrogen-bond acceptors (Lipinski definition) is 3. The van der Waals surface area contributed by atoms with Crippen LogP contribution in [0.3, 0.4) is 0 Å². The van der Waals surface area contributed by atoms with Crippen molar-refractivity contribution < 1.29 is 19.4 Å². The van der Waals surface area contributed by atoms with Crippen molar-refractivity contribution in [2.24, 2.45) is 0 Å². The lowest BCUT2D eigenvalue weighted by Crippen LogP contribution is -2.42. The Hall–Kier alpha value is -1.36. The van der Waals surface area contributed by atoms with Gasteiger partial charge in [-0.25, -0.2) is 4.79 Å². The number of amides is 1. The molecule has 1 N–H and O–H groups in total. The maximum atomic E-state index is 11.3. The fourth-order valence-electron chi connectivity index (χ4n) is 0.713. The van der Waals surface area contributed by atoms with Crippen molar-refractivity contribution >= 4 is 11.9 Å². The van der Waals surface area contributed by atoms with Crippen LogP contribution in [-0.4, -0.2) is 48.2 Å². The Bertz CT molecular complexity index is 227. The molecule has 0 saturated heterocycles. The standard InChI is InChI=1S/C9H15NO4/c1-4-5-14-6-8(11)10(3)7(2)9(12)13/h4,7H,1,5-6H2,2-3H3,(H,12,13). The van der Waals surface area contributed by atoms with E-state index in [4.69, 9.17) is 9.84 Å². The van der Waals surface area contributed by atoms with Gasteiger partial charge in [0.25, 0.3) is 0 Å². The maximum absolute atomic E-state index is 11.3. The average Bonchev–Trinajstić information content (AvgIpc) is 2.15. The third-order valence-electron chi connectivity index (χ3n) is 1.79. The van der Waals surface area contributed by atoms with Crippen LogP contribution in [0, 0.1) is 0 Å². The molecule has 0 fully saturated rings. The predicted molar refractivity (Wildman–Crippen MR) is 50.9 cm³/mol. The number of ether oxygens (including phenoxy) is 1. The zero-order valence-electron chi connectivity index (χ0n) is 8.40. The number of carboxylic acids is 1. The number of hydrogen-bond donors (Lipinski definition) is 1. The highest BCUT2D eigenvalue weighted by Gasteiger charge is 2.21. The highest BCUT2D eigenvalue weighted by atomic mass is 16.5. The van der Waals surface area contributed by atoms with E-state index in [1.807, 2.05) is 0 Å². The van der Waals surface area contributed by atoms with Crippen LogP contribution in [0.4, 0.5) is 0 Å². The molecule has 0 aliphatic rings. The molecule has 1 atom stereocenters. The summed E-state index contributed by atoms with van der Waals surface area (Å²) in [6, 6.07) is -0.838. The molecule has 0 aromatic rings. The van der Waals surface area contributed by atoms with Crippen LogP contribution in [0.2, 0.25) is 0 Å². The van der Waals surface area contributed by atoms with Crippen molar-refractivity contribution in [3.05, 3.63) is 12.7 Å². The summed E-state index contributed by atoms with van der Waals surface area (Å²) in [5.74, 6) is -1.40. The second-order valence-electron chi connectivity index (χ2n) is 2.82. The molecular weight excluding hydrogens is 186 g/mol. The van der Waals surface area contributed by atoms with Gasteiger partial charge in [0.1, 0.15) is 12.6 Å².